The topological polar surface area (TPSA) is 3.24 Å². The van der Waals surface area contributed by atoms with Gasteiger partial charge in [-0.3, -0.25) is 0 Å². The van der Waals surface area contributed by atoms with Gasteiger partial charge < -0.3 is 4.90 Å². The minimum Gasteiger partial charge on any atom is -0.313 e. The van der Waals surface area contributed by atoms with Gasteiger partial charge >= 0.3 is 0 Å². The molecule has 2 aliphatic rings. The van der Waals surface area contributed by atoms with Gasteiger partial charge in [-0.1, -0.05) is 123 Å². The van der Waals surface area contributed by atoms with Crippen molar-refractivity contribution in [1.82, 2.24) is 0 Å². The molecule has 3 heteroatoms. The van der Waals surface area contributed by atoms with Gasteiger partial charge in [-0.15, -0.1) is 0 Å². The zero-order valence-electron chi connectivity index (χ0n) is 23.8. The smallest absolute Gasteiger partial charge is 0.247 e. The zero-order valence-corrected chi connectivity index (χ0v) is 23.8. The molecule has 188 valence electrons. The quantitative estimate of drug-likeness (QED) is 0.312. The molecule has 0 amide bonds. The van der Waals surface area contributed by atoms with Gasteiger partial charge in [0.1, 0.15) is 0 Å². The Morgan fingerprint density at radius 2 is 0.795 bits per heavy atom. The van der Waals surface area contributed by atoms with Crippen LogP contribution in [-0.2, 0) is 0 Å². The number of rotatable bonds is 2. The molecule has 0 aromatic heterocycles. The lowest BCUT2D eigenvalue weighted by Gasteiger charge is -2.44. The van der Waals surface area contributed by atoms with Crippen LogP contribution in [-0.4, -0.2) is 13.4 Å². The first kappa shape index (κ1) is 24.1. The number of benzene rings is 5. The number of nitrogens with zero attached hydrogens (tertiary/aromatic N) is 1. The van der Waals surface area contributed by atoms with Crippen LogP contribution in [0, 0.1) is 41.5 Å². The Labute approximate surface area is 233 Å². The van der Waals surface area contributed by atoms with Crippen molar-refractivity contribution in [2.24, 2.45) is 0 Å². The van der Waals surface area contributed by atoms with Crippen molar-refractivity contribution in [3.8, 4) is 0 Å². The van der Waals surface area contributed by atoms with E-state index in [-0.39, 0.29) is 13.4 Å². The van der Waals surface area contributed by atoms with E-state index in [0.29, 0.717) is 0 Å². The first-order valence-corrected chi connectivity index (χ1v) is 14.1. The van der Waals surface area contributed by atoms with E-state index < -0.39 is 0 Å². The third-order valence-corrected chi connectivity index (χ3v) is 8.97. The van der Waals surface area contributed by atoms with Crippen LogP contribution in [0.15, 0.2) is 91.0 Å². The molecule has 39 heavy (non-hydrogen) atoms. The summed E-state index contributed by atoms with van der Waals surface area (Å²) >= 11 is 0. The molecule has 5 aromatic rings. The van der Waals surface area contributed by atoms with E-state index in [1.54, 1.807) is 0 Å². The number of para-hydroxylation sites is 3. The Bertz CT molecular complexity index is 1630. The van der Waals surface area contributed by atoms with Crippen molar-refractivity contribution >= 4 is 63.3 Å². The van der Waals surface area contributed by atoms with Crippen LogP contribution in [0.3, 0.4) is 0 Å². The van der Waals surface area contributed by atoms with Crippen LogP contribution in [0.25, 0.3) is 0 Å². The number of anilines is 3. The van der Waals surface area contributed by atoms with Crippen LogP contribution in [0.2, 0.25) is 0 Å². The van der Waals surface area contributed by atoms with Crippen LogP contribution < -0.4 is 37.7 Å². The summed E-state index contributed by atoms with van der Waals surface area (Å²) in [5, 5.41) is 0. The molecular weight excluding hydrogens is 468 g/mol. The molecular formula is C36H33B2N. The average Bonchev–Trinajstić information content (AvgIpc) is 2.90. The van der Waals surface area contributed by atoms with E-state index in [1.165, 1.54) is 83.2 Å². The lowest BCUT2D eigenvalue weighted by atomic mass is 9.29. The second-order valence-electron chi connectivity index (χ2n) is 11.7. The van der Waals surface area contributed by atoms with E-state index in [0.717, 1.165) is 0 Å². The largest absolute Gasteiger partial charge is 0.313 e. The van der Waals surface area contributed by atoms with Crippen molar-refractivity contribution in [3.05, 3.63) is 124 Å². The van der Waals surface area contributed by atoms with Crippen molar-refractivity contribution in [2.45, 2.75) is 41.5 Å². The Balaban J connectivity index is 1.59. The standard InChI is InChI=1S/C36H33B2N/c1-22-18-24(3)34(25(4)19-22)37-28-12-7-9-16-32(28)39-33-17-10-8-13-29(33)38(31-15-11-14-30(37)36(31)39)35-26(5)20-23(2)21-27(35)6/h7-21H,1-6H3. The van der Waals surface area contributed by atoms with Crippen molar-refractivity contribution in [3.63, 3.8) is 0 Å². The van der Waals surface area contributed by atoms with Crippen LogP contribution in [0.4, 0.5) is 17.1 Å². The molecule has 0 fully saturated rings. The normalized spacial score (nSPS) is 13.2. The monoisotopic (exact) mass is 501 g/mol. The minimum atomic E-state index is 0.194. The van der Waals surface area contributed by atoms with E-state index in [1.807, 2.05) is 0 Å². The van der Waals surface area contributed by atoms with E-state index >= 15 is 0 Å². The van der Waals surface area contributed by atoms with Gasteiger partial charge in [0.2, 0.25) is 13.4 Å². The highest BCUT2D eigenvalue weighted by molar-refractivity contribution is 7.02. The second-order valence-corrected chi connectivity index (χ2v) is 11.7. The summed E-state index contributed by atoms with van der Waals surface area (Å²) in [5.41, 5.74) is 20.6. The van der Waals surface area contributed by atoms with Crippen LogP contribution >= 0.6 is 0 Å². The molecule has 0 atom stereocenters. The highest BCUT2D eigenvalue weighted by Crippen LogP contribution is 2.37. The van der Waals surface area contributed by atoms with Gasteiger partial charge in [-0.25, -0.2) is 0 Å². The maximum Gasteiger partial charge on any atom is 0.247 e. The SMILES string of the molecule is Cc1cc(C)c(B2c3ccccc3N3c4ccccc4B(c4c(C)cc(C)cc4C)c4cccc2c43)c(C)c1. The van der Waals surface area contributed by atoms with E-state index in [4.69, 9.17) is 0 Å². The highest BCUT2D eigenvalue weighted by Gasteiger charge is 2.44. The summed E-state index contributed by atoms with van der Waals surface area (Å²) in [6.45, 7) is 14.0. The van der Waals surface area contributed by atoms with E-state index in [2.05, 4.69) is 137 Å². The molecule has 2 aliphatic heterocycles. The molecule has 0 saturated heterocycles. The third-order valence-electron chi connectivity index (χ3n) is 8.97. The summed E-state index contributed by atoms with van der Waals surface area (Å²) in [6.07, 6.45) is 0. The van der Waals surface area contributed by atoms with Crippen molar-refractivity contribution in [1.29, 1.82) is 0 Å². The van der Waals surface area contributed by atoms with Gasteiger partial charge in [0.25, 0.3) is 0 Å². The fourth-order valence-electron chi connectivity index (χ4n) is 7.80. The molecule has 0 unspecified atom stereocenters. The van der Waals surface area contributed by atoms with Crippen LogP contribution in [0.5, 0.6) is 0 Å². The molecule has 5 aromatic carbocycles. The Hall–Kier alpha value is -3.97. The summed E-state index contributed by atoms with van der Waals surface area (Å²) in [6, 6.07) is 34.6. The maximum atomic E-state index is 2.56. The van der Waals surface area contributed by atoms with Gasteiger partial charge in [0.15, 0.2) is 0 Å². The van der Waals surface area contributed by atoms with Crippen LogP contribution in [0.1, 0.15) is 33.4 Å². The third kappa shape index (κ3) is 3.49. The predicted molar refractivity (Wildman–Crippen MR) is 172 cm³/mol. The summed E-state index contributed by atoms with van der Waals surface area (Å²) in [7, 11) is 0. The number of fused-ring (bicyclic) bond motifs is 4. The Morgan fingerprint density at radius 1 is 0.436 bits per heavy atom. The highest BCUT2D eigenvalue weighted by atomic mass is 15.2. The lowest BCUT2D eigenvalue weighted by Crippen LogP contribution is -2.66. The Morgan fingerprint density at radius 3 is 1.21 bits per heavy atom. The molecule has 0 saturated carbocycles. The second kappa shape index (κ2) is 8.78. The molecule has 2 heterocycles. The predicted octanol–water partition coefficient (Wildman–Crippen LogP) is 4.67. The fraction of sp³-hybridized carbons (Fsp3) is 0.167. The van der Waals surface area contributed by atoms with Gasteiger partial charge in [-0.05, 0) is 75.5 Å². The van der Waals surface area contributed by atoms with Crippen molar-refractivity contribution < 1.29 is 0 Å². The molecule has 0 spiro atoms. The maximum absolute atomic E-state index is 2.56. The van der Waals surface area contributed by atoms with Gasteiger partial charge in [-0.2, -0.15) is 0 Å². The molecule has 0 aliphatic carbocycles. The van der Waals surface area contributed by atoms with E-state index in [9.17, 15) is 0 Å². The molecule has 1 nitrogen and oxygen atoms in total. The zero-order chi connectivity index (χ0) is 27.0. The number of aryl methyl sites for hydroxylation is 6. The Kier molecular flexibility index (Phi) is 5.42. The molecule has 7 rings (SSSR count). The molecule has 0 N–H and O–H groups in total. The number of hydrogen-bond acceptors (Lipinski definition) is 1. The minimum absolute atomic E-state index is 0.194. The summed E-state index contributed by atoms with van der Waals surface area (Å²) in [4.78, 5) is 2.56. The fourth-order valence-corrected chi connectivity index (χ4v) is 7.80. The average molecular weight is 501 g/mol. The van der Waals surface area contributed by atoms with Gasteiger partial charge in [0, 0.05) is 17.1 Å². The summed E-state index contributed by atoms with van der Waals surface area (Å²) in [5.74, 6) is 0. The first-order chi connectivity index (χ1) is 18.8. The van der Waals surface area contributed by atoms with Crippen molar-refractivity contribution in [2.75, 3.05) is 4.90 Å². The summed E-state index contributed by atoms with van der Waals surface area (Å²) < 4.78 is 0. The molecule has 0 bridgehead atoms. The molecule has 0 radical (unpaired) electrons. The lowest BCUT2D eigenvalue weighted by molar-refractivity contribution is 1.29. The van der Waals surface area contributed by atoms with Gasteiger partial charge in [0.05, 0.1) is 0 Å². The first-order valence-electron chi connectivity index (χ1n) is 14.1. The number of hydrogen-bond donors (Lipinski definition) is 0.